The highest BCUT2D eigenvalue weighted by atomic mass is 16.4. The number of piperidine rings is 1. The van der Waals surface area contributed by atoms with Crippen molar-refractivity contribution in [3.05, 3.63) is 0 Å². The Morgan fingerprint density at radius 3 is 2.63 bits per heavy atom. The van der Waals surface area contributed by atoms with E-state index >= 15 is 0 Å². The molecule has 104 valence electrons. The van der Waals surface area contributed by atoms with E-state index in [2.05, 4.69) is 5.32 Å². The van der Waals surface area contributed by atoms with Gasteiger partial charge < -0.3 is 15.3 Å². The van der Waals surface area contributed by atoms with E-state index in [1.54, 1.807) is 4.90 Å². The van der Waals surface area contributed by atoms with Crippen LogP contribution in [0.5, 0.6) is 0 Å². The summed E-state index contributed by atoms with van der Waals surface area (Å²) in [6, 6.07) is -0.148. The molecule has 0 aromatic carbocycles. The molecular formula is C13H18N2O4. The van der Waals surface area contributed by atoms with Crippen molar-refractivity contribution in [1.29, 1.82) is 0 Å². The van der Waals surface area contributed by atoms with E-state index in [1.165, 1.54) is 0 Å². The highest BCUT2D eigenvalue weighted by molar-refractivity contribution is 6.03. The Labute approximate surface area is 111 Å². The van der Waals surface area contributed by atoms with Gasteiger partial charge in [-0.05, 0) is 25.7 Å². The van der Waals surface area contributed by atoms with Crippen LogP contribution in [0.1, 0.15) is 32.1 Å². The van der Waals surface area contributed by atoms with E-state index < -0.39 is 11.4 Å². The molecule has 3 rings (SSSR count). The lowest BCUT2D eigenvalue weighted by molar-refractivity contribution is -0.169. The molecule has 2 saturated heterocycles. The molecule has 2 heterocycles. The topological polar surface area (TPSA) is 86.7 Å². The Morgan fingerprint density at radius 1 is 1.32 bits per heavy atom. The van der Waals surface area contributed by atoms with E-state index in [1.807, 2.05) is 0 Å². The summed E-state index contributed by atoms with van der Waals surface area (Å²) in [6.07, 6.45) is 3.21. The average Bonchev–Trinajstić information content (AvgIpc) is 2.69. The monoisotopic (exact) mass is 266 g/mol. The summed E-state index contributed by atoms with van der Waals surface area (Å²) in [7, 11) is 0. The fourth-order valence-corrected chi connectivity index (χ4v) is 3.53. The number of amides is 2. The van der Waals surface area contributed by atoms with E-state index in [4.69, 9.17) is 0 Å². The second-order valence-corrected chi connectivity index (χ2v) is 5.80. The molecule has 6 heteroatoms. The van der Waals surface area contributed by atoms with Crippen LogP contribution in [0, 0.1) is 11.3 Å². The first-order valence-electron chi connectivity index (χ1n) is 6.88. The van der Waals surface area contributed by atoms with Crippen LogP contribution in [0.15, 0.2) is 0 Å². The quantitative estimate of drug-likeness (QED) is 0.688. The zero-order valence-corrected chi connectivity index (χ0v) is 10.7. The van der Waals surface area contributed by atoms with Crippen LogP contribution in [0.2, 0.25) is 0 Å². The van der Waals surface area contributed by atoms with Gasteiger partial charge in [0, 0.05) is 13.1 Å². The lowest BCUT2D eigenvalue weighted by Gasteiger charge is -2.44. The Balaban J connectivity index is 1.83. The molecule has 1 saturated carbocycles. The van der Waals surface area contributed by atoms with Gasteiger partial charge in [-0.1, -0.05) is 6.42 Å². The number of carbonyl (C=O) groups excluding carboxylic acids is 2. The van der Waals surface area contributed by atoms with E-state index in [0.29, 0.717) is 25.9 Å². The minimum atomic E-state index is -1.21. The maximum absolute atomic E-state index is 12.6. The average molecular weight is 266 g/mol. The fraction of sp³-hybridized carbons (Fsp3) is 0.769. The van der Waals surface area contributed by atoms with Gasteiger partial charge in [0.25, 0.3) is 0 Å². The number of rotatable bonds is 2. The molecule has 1 aliphatic carbocycles. The van der Waals surface area contributed by atoms with E-state index in [0.717, 1.165) is 19.3 Å². The fourth-order valence-electron chi connectivity index (χ4n) is 3.53. The SMILES string of the molecule is O=C1NCC2C1CCCN2C(=O)C1(C(=O)O)CCC1. The number of hydrogen-bond acceptors (Lipinski definition) is 3. The molecule has 2 amide bonds. The zero-order valence-electron chi connectivity index (χ0n) is 10.7. The lowest BCUT2D eigenvalue weighted by atomic mass is 9.67. The zero-order chi connectivity index (χ0) is 13.6. The molecule has 0 aromatic rings. The van der Waals surface area contributed by atoms with Crippen molar-refractivity contribution in [2.24, 2.45) is 11.3 Å². The Bertz CT molecular complexity index is 444. The molecule has 3 aliphatic rings. The number of hydrogen-bond donors (Lipinski definition) is 2. The number of carboxylic acid groups (broad SMARTS) is 1. The number of nitrogens with one attached hydrogen (secondary N) is 1. The van der Waals surface area contributed by atoms with Crippen molar-refractivity contribution in [2.45, 2.75) is 38.1 Å². The first kappa shape index (κ1) is 12.4. The Hall–Kier alpha value is -1.59. The van der Waals surface area contributed by atoms with Crippen molar-refractivity contribution < 1.29 is 19.5 Å². The molecule has 2 unspecified atom stereocenters. The van der Waals surface area contributed by atoms with Gasteiger partial charge in [0.2, 0.25) is 11.8 Å². The van der Waals surface area contributed by atoms with Gasteiger partial charge in [0.15, 0.2) is 0 Å². The molecule has 6 nitrogen and oxygen atoms in total. The minimum absolute atomic E-state index is 0.000449. The van der Waals surface area contributed by atoms with Gasteiger partial charge in [-0.2, -0.15) is 0 Å². The third-order valence-corrected chi connectivity index (χ3v) is 4.89. The first-order chi connectivity index (χ1) is 9.06. The normalized spacial score (nSPS) is 32.2. The van der Waals surface area contributed by atoms with Gasteiger partial charge in [-0.15, -0.1) is 0 Å². The minimum Gasteiger partial charge on any atom is -0.480 e. The van der Waals surface area contributed by atoms with Crippen LogP contribution in [0.4, 0.5) is 0 Å². The number of fused-ring (bicyclic) bond motifs is 1. The largest absolute Gasteiger partial charge is 0.480 e. The highest BCUT2D eigenvalue weighted by Gasteiger charge is 2.55. The van der Waals surface area contributed by atoms with Crippen LogP contribution in [-0.2, 0) is 14.4 Å². The number of aliphatic carboxylic acids is 1. The smallest absolute Gasteiger partial charge is 0.319 e. The summed E-state index contributed by atoms with van der Waals surface area (Å²) >= 11 is 0. The summed E-state index contributed by atoms with van der Waals surface area (Å²) in [5.41, 5.74) is -1.21. The van der Waals surface area contributed by atoms with Crippen molar-refractivity contribution in [3.8, 4) is 0 Å². The maximum atomic E-state index is 12.6. The maximum Gasteiger partial charge on any atom is 0.319 e. The van der Waals surface area contributed by atoms with Crippen molar-refractivity contribution >= 4 is 17.8 Å². The molecule has 19 heavy (non-hydrogen) atoms. The van der Waals surface area contributed by atoms with Crippen molar-refractivity contribution in [3.63, 3.8) is 0 Å². The predicted molar refractivity (Wildman–Crippen MR) is 65.2 cm³/mol. The van der Waals surface area contributed by atoms with Gasteiger partial charge in [0.1, 0.15) is 5.41 Å². The lowest BCUT2D eigenvalue weighted by Crippen LogP contribution is -2.58. The van der Waals surface area contributed by atoms with Gasteiger partial charge in [-0.3, -0.25) is 14.4 Å². The van der Waals surface area contributed by atoms with Crippen LogP contribution in [-0.4, -0.2) is 46.9 Å². The molecule has 0 bridgehead atoms. The Kier molecular flexibility index (Phi) is 2.76. The predicted octanol–water partition coefficient (Wildman–Crippen LogP) is -0.0217. The molecule has 0 radical (unpaired) electrons. The first-order valence-corrected chi connectivity index (χ1v) is 6.88. The highest BCUT2D eigenvalue weighted by Crippen LogP contribution is 2.44. The van der Waals surface area contributed by atoms with Crippen molar-refractivity contribution in [1.82, 2.24) is 10.2 Å². The second kappa shape index (κ2) is 4.21. The molecular weight excluding hydrogens is 248 g/mol. The van der Waals surface area contributed by atoms with Crippen LogP contribution >= 0.6 is 0 Å². The van der Waals surface area contributed by atoms with Gasteiger partial charge >= 0.3 is 5.97 Å². The summed E-state index contributed by atoms with van der Waals surface area (Å²) < 4.78 is 0. The second-order valence-electron chi connectivity index (χ2n) is 5.80. The summed E-state index contributed by atoms with van der Waals surface area (Å²) in [4.78, 5) is 37.3. The third-order valence-electron chi connectivity index (χ3n) is 4.89. The standard InChI is InChI=1S/C13H18N2O4/c16-10-8-3-1-6-15(9(8)7-14-10)11(17)13(12(18)19)4-2-5-13/h8-9H,1-7H2,(H,14,16)(H,18,19). The number of likely N-dealkylation sites (tertiary alicyclic amines) is 1. The third kappa shape index (κ3) is 1.65. The van der Waals surface area contributed by atoms with Gasteiger partial charge in [0.05, 0.1) is 12.0 Å². The van der Waals surface area contributed by atoms with Crippen LogP contribution in [0.25, 0.3) is 0 Å². The molecule has 2 atom stereocenters. The molecule has 3 fully saturated rings. The van der Waals surface area contributed by atoms with Crippen LogP contribution < -0.4 is 5.32 Å². The summed E-state index contributed by atoms with van der Waals surface area (Å²) in [5, 5.41) is 12.1. The van der Waals surface area contributed by atoms with E-state index in [9.17, 15) is 19.5 Å². The van der Waals surface area contributed by atoms with Crippen molar-refractivity contribution in [2.75, 3.05) is 13.1 Å². The van der Waals surface area contributed by atoms with Gasteiger partial charge in [-0.25, -0.2) is 0 Å². The molecule has 2 N–H and O–H groups in total. The number of nitrogens with zero attached hydrogens (tertiary/aromatic N) is 1. The molecule has 2 aliphatic heterocycles. The number of carbonyl (C=O) groups is 3. The van der Waals surface area contributed by atoms with Crippen LogP contribution in [0.3, 0.4) is 0 Å². The summed E-state index contributed by atoms with van der Waals surface area (Å²) in [5.74, 6) is -1.44. The molecule has 0 aromatic heterocycles. The Morgan fingerprint density at radius 2 is 2.05 bits per heavy atom. The van der Waals surface area contributed by atoms with E-state index in [-0.39, 0.29) is 23.8 Å². The number of carboxylic acids is 1. The summed E-state index contributed by atoms with van der Waals surface area (Å²) in [6.45, 7) is 1.04. The molecule has 0 spiro atoms.